The van der Waals surface area contributed by atoms with Gasteiger partial charge in [0.05, 0.1) is 12.2 Å². The van der Waals surface area contributed by atoms with Gasteiger partial charge in [0, 0.05) is 12.8 Å². The van der Waals surface area contributed by atoms with Crippen molar-refractivity contribution in [3.63, 3.8) is 0 Å². The monoisotopic (exact) mass is 319 g/mol. The van der Waals surface area contributed by atoms with Crippen molar-refractivity contribution in [3.8, 4) is 0 Å². The molecule has 1 saturated heterocycles. The Labute approximate surface area is 124 Å². The summed E-state index contributed by atoms with van der Waals surface area (Å²) in [6, 6.07) is 0. The minimum atomic E-state index is -2.58. The fraction of sp³-hybridized carbons (Fsp3) is 0.667. The molecule has 0 aromatic rings. The van der Waals surface area contributed by atoms with Gasteiger partial charge in [0.2, 0.25) is 5.91 Å². The zero-order chi connectivity index (χ0) is 17.0. The summed E-state index contributed by atoms with van der Waals surface area (Å²) in [6.45, 7) is -0.767. The summed E-state index contributed by atoms with van der Waals surface area (Å²) >= 11 is 0. The molecule has 0 bridgehead atoms. The molecular formula is C12H17NO9. The van der Waals surface area contributed by atoms with E-state index in [2.05, 4.69) is 4.74 Å². The van der Waals surface area contributed by atoms with E-state index < -0.39 is 61.0 Å². The quantitative estimate of drug-likeness (QED) is 0.186. The summed E-state index contributed by atoms with van der Waals surface area (Å²) in [6.07, 6.45) is -2.23. The third kappa shape index (κ3) is 4.76. The van der Waals surface area contributed by atoms with Crippen molar-refractivity contribution in [2.24, 2.45) is 0 Å². The molecule has 0 spiro atoms. The summed E-state index contributed by atoms with van der Waals surface area (Å²) in [4.78, 5) is 44.2. The third-order valence-corrected chi connectivity index (χ3v) is 3.18. The number of hydrogen-bond donors (Lipinski definition) is 5. The zero-order valence-electron chi connectivity index (χ0n) is 11.6. The number of esters is 1. The van der Waals surface area contributed by atoms with Gasteiger partial charge in [-0.2, -0.15) is 0 Å². The van der Waals surface area contributed by atoms with Crippen molar-refractivity contribution < 1.29 is 44.3 Å². The molecule has 0 aliphatic carbocycles. The van der Waals surface area contributed by atoms with E-state index in [1.807, 2.05) is 0 Å². The Balaban J connectivity index is 2.52. The predicted molar refractivity (Wildman–Crippen MR) is 66.9 cm³/mol. The fourth-order valence-electron chi connectivity index (χ4n) is 1.85. The minimum Gasteiger partial charge on any atom is -0.481 e. The molecule has 1 fully saturated rings. The number of carbonyl (C=O) groups excluding carboxylic acids is 3. The Morgan fingerprint density at radius 2 is 1.86 bits per heavy atom. The van der Waals surface area contributed by atoms with Crippen molar-refractivity contribution in [1.82, 2.24) is 5.32 Å². The first-order chi connectivity index (χ1) is 10.1. The second kappa shape index (κ2) is 6.81. The highest BCUT2D eigenvalue weighted by Gasteiger charge is 2.49. The largest absolute Gasteiger partial charge is 0.481 e. The van der Waals surface area contributed by atoms with E-state index in [-0.39, 0.29) is 12.8 Å². The Morgan fingerprint density at radius 1 is 1.27 bits per heavy atom. The van der Waals surface area contributed by atoms with Gasteiger partial charge < -0.3 is 25.2 Å². The second-order valence-corrected chi connectivity index (χ2v) is 5.09. The molecule has 0 aromatic carbocycles. The number of carboxylic acids is 1. The number of aliphatic hydroxyl groups is 3. The molecule has 2 atom stereocenters. The van der Waals surface area contributed by atoms with Gasteiger partial charge in [0.1, 0.15) is 6.42 Å². The molecule has 1 rings (SSSR count). The van der Waals surface area contributed by atoms with Crippen LogP contribution < -0.4 is 5.32 Å². The van der Waals surface area contributed by atoms with Gasteiger partial charge in [-0.15, -0.1) is 0 Å². The average molecular weight is 319 g/mol. The molecule has 0 radical (unpaired) electrons. The lowest BCUT2D eigenvalue weighted by atomic mass is 9.93. The van der Waals surface area contributed by atoms with Gasteiger partial charge in [-0.05, 0) is 12.8 Å². The maximum absolute atomic E-state index is 11.6. The van der Waals surface area contributed by atoms with Crippen molar-refractivity contribution >= 4 is 23.8 Å². The number of amides is 2. The number of hydrogen-bond acceptors (Lipinski definition) is 8. The summed E-state index contributed by atoms with van der Waals surface area (Å²) in [5, 5.41) is 39.0. The number of nitrogens with one attached hydrogen (secondary N) is 1. The second-order valence-electron chi connectivity index (χ2n) is 5.09. The maximum atomic E-state index is 11.6. The zero-order valence-corrected chi connectivity index (χ0v) is 11.6. The molecule has 0 aromatic heterocycles. The van der Waals surface area contributed by atoms with Gasteiger partial charge in [0.15, 0.2) is 0 Å². The normalized spacial score (nSPS) is 23.8. The van der Waals surface area contributed by atoms with Crippen LogP contribution in [0, 0.1) is 0 Å². The van der Waals surface area contributed by atoms with Gasteiger partial charge in [-0.25, -0.2) is 0 Å². The molecular weight excluding hydrogens is 302 g/mol. The molecule has 10 nitrogen and oxygen atoms in total. The number of ether oxygens (including phenoxy) is 1. The highest BCUT2D eigenvalue weighted by molar-refractivity contribution is 6.07. The molecule has 22 heavy (non-hydrogen) atoms. The number of aliphatic hydroxyl groups excluding tert-OH is 1. The van der Waals surface area contributed by atoms with Crippen molar-refractivity contribution in [2.45, 2.75) is 43.5 Å². The lowest BCUT2D eigenvalue weighted by Gasteiger charge is -2.25. The van der Waals surface area contributed by atoms with Crippen molar-refractivity contribution in [3.05, 3.63) is 0 Å². The summed E-state index contributed by atoms with van der Waals surface area (Å²) < 4.78 is 4.52. The number of aliphatic carboxylic acids is 1. The van der Waals surface area contributed by atoms with E-state index in [4.69, 9.17) is 10.2 Å². The van der Waals surface area contributed by atoms with Crippen LogP contribution in [0.3, 0.4) is 0 Å². The van der Waals surface area contributed by atoms with E-state index in [1.165, 1.54) is 0 Å². The molecule has 1 aliphatic rings. The third-order valence-electron chi connectivity index (χ3n) is 3.18. The average Bonchev–Trinajstić information content (AvgIpc) is 2.67. The van der Waals surface area contributed by atoms with Crippen LogP contribution in [0.2, 0.25) is 0 Å². The van der Waals surface area contributed by atoms with Crippen LogP contribution in [-0.2, 0) is 23.9 Å². The van der Waals surface area contributed by atoms with Crippen LogP contribution in [0.25, 0.3) is 0 Å². The Kier molecular flexibility index (Phi) is 5.58. The van der Waals surface area contributed by atoms with Gasteiger partial charge in [-0.1, -0.05) is 0 Å². The summed E-state index contributed by atoms with van der Waals surface area (Å²) in [7, 11) is 0. The lowest BCUT2D eigenvalue weighted by Crippen LogP contribution is -2.43. The first-order valence-corrected chi connectivity index (χ1v) is 6.44. The molecule has 10 heteroatoms. The summed E-state index contributed by atoms with van der Waals surface area (Å²) in [5.74, 6) is -6.78. The number of carboxylic acid groups (broad SMARTS) is 1. The van der Waals surface area contributed by atoms with Crippen LogP contribution in [0.4, 0.5) is 0 Å². The molecule has 0 saturated carbocycles. The SMILES string of the molecule is O=C(O)CCC(O)(CO)CCC(=O)OC1(O)CC(=O)NC1=O. The molecule has 1 aliphatic heterocycles. The Hall–Kier alpha value is -2.04. The van der Waals surface area contributed by atoms with Gasteiger partial charge in [-0.3, -0.25) is 24.5 Å². The van der Waals surface area contributed by atoms with Crippen molar-refractivity contribution in [1.29, 1.82) is 0 Å². The van der Waals surface area contributed by atoms with Crippen LogP contribution in [0.5, 0.6) is 0 Å². The highest BCUT2D eigenvalue weighted by Crippen LogP contribution is 2.23. The standard InChI is InChI=1S/C12H17NO9/c14-6-11(20,3-1-8(16)17)4-2-9(18)22-12(21)5-7(15)13-10(12)19/h14,20-21H,1-6H2,(H,16,17)(H,13,15,19). The van der Waals surface area contributed by atoms with E-state index in [0.29, 0.717) is 0 Å². The maximum Gasteiger partial charge on any atom is 0.308 e. The Morgan fingerprint density at radius 3 is 2.32 bits per heavy atom. The van der Waals surface area contributed by atoms with Crippen LogP contribution >= 0.6 is 0 Å². The Bertz CT molecular complexity index is 491. The lowest BCUT2D eigenvalue weighted by molar-refractivity contribution is -0.206. The molecule has 2 amide bonds. The number of rotatable bonds is 8. The molecule has 124 valence electrons. The number of carbonyl (C=O) groups is 4. The first kappa shape index (κ1) is 18.0. The summed E-state index contributed by atoms with van der Waals surface area (Å²) in [5.41, 5.74) is -1.80. The van der Waals surface area contributed by atoms with Gasteiger partial charge in [0.25, 0.3) is 5.91 Å². The van der Waals surface area contributed by atoms with Crippen LogP contribution in [0.1, 0.15) is 32.1 Å². The first-order valence-electron chi connectivity index (χ1n) is 6.44. The molecule has 1 heterocycles. The van der Waals surface area contributed by atoms with Gasteiger partial charge >= 0.3 is 17.7 Å². The topological polar surface area (TPSA) is 170 Å². The van der Waals surface area contributed by atoms with E-state index >= 15 is 0 Å². The smallest absolute Gasteiger partial charge is 0.308 e. The highest BCUT2D eigenvalue weighted by atomic mass is 16.7. The van der Waals surface area contributed by atoms with E-state index in [1.54, 1.807) is 5.32 Å². The van der Waals surface area contributed by atoms with E-state index in [0.717, 1.165) is 0 Å². The van der Waals surface area contributed by atoms with Crippen LogP contribution in [0.15, 0.2) is 0 Å². The van der Waals surface area contributed by atoms with Crippen LogP contribution in [-0.4, -0.2) is 62.2 Å². The number of imide groups is 1. The molecule has 5 N–H and O–H groups in total. The van der Waals surface area contributed by atoms with E-state index in [9.17, 15) is 29.4 Å². The van der Waals surface area contributed by atoms with Crippen molar-refractivity contribution in [2.75, 3.05) is 6.61 Å². The fourth-order valence-corrected chi connectivity index (χ4v) is 1.85. The minimum absolute atomic E-state index is 0.282. The molecule has 2 unspecified atom stereocenters. The predicted octanol–water partition coefficient (Wildman–Crippen LogP) is -2.37.